The monoisotopic (exact) mass is 278 g/mol. The zero-order chi connectivity index (χ0) is 11.1. The summed E-state index contributed by atoms with van der Waals surface area (Å²) in [5.74, 6) is 0.0591. The van der Waals surface area contributed by atoms with Gasteiger partial charge in [-0.25, -0.2) is 0 Å². The van der Waals surface area contributed by atoms with Crippen LogP contribution in [0.5, 0.6) is 0 Å². The van der Waals surface area contributed by atoms with Crippen LogP contribution in [0.15, 0.2) is 40.9 Å². The van der Waals surface area contributed by atoms with Crippen LogP contribution in [-0.4, -0.2) is 12.1 Å². The number of hydrogen-bond acceptors (Lipinski definition) is 2. The van der Waals surface area contributed by atoms with Gasteiger partial charge in [-0.2, -0.15) is 0 Å². The highest BCUT2D eigenvalue weighted by Crippen LogP contribution is 2.44. The molecule has 16 heavy (non-hydrogen) atoms. The van der Waals surface area contributed by atoms with Crippen molar-refractivity contribution in [3.05, 3.63) is 46.5 Å². The van der Waals surface area contributed by atoms with Gasteiger partial charge in [-0.1, -0.05) is 52.3 Å². The summed E-state index contributed by atoms with van der Waals surface area (Å²) in [5, 5.41) is 0. The molecule has 2 nitrogen and oxygen atoms in total. The fraction of sp³-hybridized carbons (Fsp3) is 0.308. The topological polar surface area (TPSA) is 26.3 Å². The van der Waals surface area contributed by atoms with E-state index in [1.807, 2.05) is 24.3 Å². The Balaban J connectivity index is 1.98. The van der Waals surface area contributed by atoms with Crippen LogP contribution in [-0.2, 0) is 9.53 Å². The third-order valence-electron chi connectivity index (χ3n) is 3.31. The van der Waals surface area contributed by atoms with Gasteiger partial charge in [0.25, 0.3) is 0 Å². The zero-order valence-electron chi connectivity index (χ0n) is 8.60. The highest BCUT2D eigenvalue weighted by molar-refractivity contribution is 9.11. The van der Waals surface area contributed by atoms with Crippen molar-refractivity contribution in [2.24, 2.45) is 5.92 Å². The molecule has 3 aliphatic rings. The van der Waals surface area contributed by atoms with Gasteiger partial charge < -0.3 is 4.74 Å². The predicted octanol–water partition coefficient (Wildman–Crippen LogP) is 2.99. The number of benzene rings is 1. The van der Waals surface area contributed by atoms with Crippen LogP contribution >= 0.6 is 15.9 Å². The number of hydrogen-bond donors (Lipinski definition) is 0. The Morgan fingerprint density at radius 2 is 2.00 bits per heavy atom. The smallest absolute Gasteiger partial charge is 0.314 e. The first kappa shape index (κ1) is 10.1. The van der Waals surface area contributed by atoms with Crippen molar-refractivity contribution < 1.29 is 9.53 Å². The molecule has 2 heterocycles. The minimum absolute atomic E-state index is 0.0808. The summed E-state index contributed by atoms with van der Waals surface area (Å²) >= 11 is 3.46. The van der Waals surface area contributed by atoms with E-state index in [-0.39, 0.29) is 23.9 Å². The molecule has 0 aromatic heterocycles. The fourth-order valence-corrected chi connectivity index (χ4v) is 3.05. The predicted molar refractivity (Wildman–Crippen MR) is 64.2 cm³/mol. The first-order valence-corrected chi connectivity index (χ1v) is 6.17. The third kappa shape index (κ3) is 1.50. The number of rotatable bonds is 1. The maximum atomic E-state index is 11.7. The van der Waals surface area contributed by atoms with E-state index < -0.39 is 0 Å². The van der Waals surface area contributed by atoms with Crippen LogP contribution in [0.25, 0.3) is 0 Å². The molecule has 1 saturated heterocycles. The minimum Gasteiger partial charge on any atom is -0.456 e. The molecular formula is C13H11BrO2. The number of halogens is 1. The molecule has 0 spiro atoms. The molecule has 3 atom stereocenters. The zero-order valence-corrected chi connectivity index (χ0v) is 10.2. The van der Waals surface area contributed by atoms with Crippen LogP contribution in [0.3, 0.4) is 0 Å². The molecule has 0 N–H and O–H groups in total. The van der Waals surface area contributed by atoms with Crippen molar-refractivity contribution in [3.8, 4) is 0 Å². The molecule has 1 aromatic carbocycles. The van der Waals surface area contributed by atoms with Crippen LogP contribution in [0.1, 0.15) is 17.9 Å². The Bertz CT molecular complexity index is 452. The van der Waals surface area contributed by atoms with Crippen molar-refractivity contribution >= 4 is 21.9 Å². The van der Waals surface area contributed by atoms with Gasteiger partial charge in [0.2, 0.25) is 0 Å². The standard InChI is InChI=1S/C13H11BrO2/c14-11-6-10-9(7-12(11)16-13(10)15)8-4-2-1-3-5-8/h1-6,9-10,12H,7H2/t9-,10-,12-/m1/s1. The molecule has 2 bridgehead atoms. The number of carbonyl (C=O) groups excluding carboxylic acids is 1. The molecule has 82 valence electrons. The molecule has 1 aromatic rings. The van der Waals surface area contributed by atoms with Crippen molar-refractivity contribution in [1.29, 1.82) is 0 Å². The average Bonchev–Trinajstić information content (AvgIpc) is 2.31. The lowest BCUT2D eigenvalue weighted by atomic mass is 9.76. The van der Waals surface area contributed by atoms with Gasteiger partial charge in [0.05, 0.1) is 5.92 Å². The average molecular weight is 279 g/mol. The van der Waals surface area contributed by atoms with E-state index >= 15 is 0 Å². The molecule has 1 aliphatic carbocycles. The minimum atomic E-state index is -0.123. The summed E-state index contributed by atoms with van der Waals surface area (Å²) in [6.45, 7) is 0. The summed E-state index contributed by atoms with van der Waals surface area (Å²) in [6, 6.07) is 10.2. The largest absolute Gasteiger partial charge is 0.456 e. The van der Waals surface area contributed by atoms with E-state index in [2.05, 4.69) is 28.1 Å². The highest BCUT2D eigenvalue weighted by atomic mass is 79.9. The van der Waals surface area contributed by atoms with E-state index in [1.54, 1.807) is 0 Å². The lowest BCUT2D eigenvalue weighted by Gasteiger charge is -2.38. The summed E-state index contributed by atoms with van der Waals surface area (Å²) in [4.78, 5) is 11.7. The molecule has 0 unspecified atom stereocenters. The Morgan fingerprint density at radius 1 is 1.25 bits per heavy atom. The van der Waals surface area contributed by atoms with Crippen LogP contribution < -0.4 is 0 Å². The number of esters is 1. The van der Waals surface area contributed by atoms with E-state index in [1.165, 1.54) is 5.56 Å². The second kappa shape index (κ2) is 3.74. The Hall–Kier alpha value is -1.09. The van der Waals surface area contributed by atoms with E-state index in [0.717, 1.165) is 10.9 Å². The fourth-order valence-electron chi connectivity index (χ4n) is 2.48. The third-order valence-corrected chi connectivity index (χ3v) is 4.08. The molecule has 0 radical (unpaired) electrons. The first-order chi connectivity index (χ1) is 7.75. The Kier molecular flexibility index (Phi) is 2.36. The van der Waals surface area contributed by atoms with Gasteiger partial charge in [0, 0.05) is 10.4 Å². The van der Waals surface area contributed by atoms with Gasteiger partial charge in [0.1, 0.15) is 6.10 Å². The van der Waals surface area contributed by atoms with E-state index in [4.69, 9.17) is 4.74 Å². The molecule has 1 fully saturated rings. The van der Waals surface area contributed by atoms with Gasteiger partial charge in [-0.05, 0) is 12.0 Å². The number of ether oxygens (including phenoxy) is 1. The molecule has 2 aliphatic heterocycles. The van der Waals surface area contributed by atoms with Gasteiger partial charge in [0.15, 0.2) is 0 Å². The maximum absolute atomic E-state index is 11.7. The first-order valence-electron chi connectivity index (χ1n) is 5.38. The summed E-state index contributed by atoms with van der Waals surface area (Å²) in [5.41, 5.74) is 1.23. The van der Waals surface area contributed by atoms with Gasteiger partial charge in [-0.15, -0.1) is 0 Å². The van der Waals surface area contributed by atoms with Crippen molar-refractivity contribution in [3.63, 3.8) is 0 Å². The van der Waals surface area contributed by atoms with Crippen LogP contribution in [0, 0.1) is 5.92 Å². The normalized spacial score (nSPS) is 32.2. The number of fused-ring (bicyclic) bond motifs is 2. The highest BCUT2D eigenvalue weighted by Gasteiger charge is 2.43. The second-order valence-electron chi connectivity index (χ2n) is 4.26. The van der Waals surface area contributed by atoms with Crippen LogP contribution in [0.4, 0.5) is 0 Å². The summed E-state index contributed by atoms with van der Waals surface area (Å²) in [6.07, 6.45) is 2.80. The quantitative estimate of drug-likeness (QED) is 0.739. The molecule has 0 saturated carbocycles. The Labute approximate surface area is 102 Å². The second-order valence-corrected chi connectivity index (χ2v) is 5.17. The summed E-state index contributed by atoms with van der Waals surface area (Å²) < 4.78 is 6.31. The van der Waals surface area contributed by atoms with E-state index in [9.17, 15) is 4.79 Å². The Morgan fingerprint density at radius 3 is 2.69 bits per heavy atom. The maximum Gasteiger partial charge on any atom is 0.314 e. The van der Waals surface area contributed by atoms with Crippen LogP contribution in [0.2, 0.25) is 0 Å². The molecule has 4 rings (SSSR count). The van der Waals surface area contributed by atoms with Crippen molar-refractivity contribution in [2.75, 3.05) is 0 Å². The molecule has 0 amide bonds. The molecule has 3 heteroatoms. The van der Waals surface area contributed by atoms with Crippen molar-refractivity contribution in [2.45, 2.75) is 18.4 Å². The summed E-state index contributed by atoms with van der Waals surface area (Å²) in [7, 11) is 0. The lowest BCUT2D eigenvalue weighted by Crippen LogP contribution is -2.40. The number of carbonyl (C=O) groups is 1. The lowest BCUT2D eigenvalue weighted by molar-refractivity contribution is -0.158. The van der Waals surface area contributed by atoms with E-state index in [0.29, 0.717) is 0 Å². The van der Waals surface area contributed by atoms with Gasteiger partial charge in [-0.3, -0.25) is 4.79 Å². The SMILES string of the molecule is O=C1O[C@@H]2C[C@H](c3ccccc3)[C@H]1C=C2Br. The van der Waals surface area contributed by atoms with Gasteiger partial charge >= 0.3 is 5.97 Å². The van der Waals surface area contributed by atoms with Crippen molar-refractivity contribution in [1.82, 2.24) is 0 Å². The molecular weight excluding hydrogens is 268 g/mol.